The van der Waals surface area contributed by atoms with Gasteiger partial charge in [0.05, 0.1) is 5.92 Å². The average molecular weight is 332 g/mol. The molecular formula is C10H13ClF3N3O2S. The summed E-state index contributed by atoms with van der Waals surface area (Å²) in [6.45, 7) is 0. The molecule has 0 amide bonds. The van der Waals surface area contributed by atoms with Crippen molar-refractivity contribution in [2.24, 2.45) is 13.0 Å². The fourth-order valence-electron chi connectivity index (χ4n) is 2.69. The lowest BCUT2D eigenvalue weighted by atomic mass is 9.78. The van der Waals surface area contributed by atoms with Crippen LogP contribution in [0.15, 0.2) is 5.16 Å². The topological polar surface area (TPSA) is 64.8 Å². The van der Waals surface area contributed by atoms with Crippen molar-refractivity contribution in [3.63, 3.8) is 0 Å². The van der Waals surface area contributed by atoms with E-state index in [9.17, 15) is 21.6 Å². The first kappa shape index (κ1) is 15.6. The summed E-state index contributed by atoms with van der Waals surface area (Å²) >= 11 is 0. The van der Waals surface area contributed by atoms with Gasteiger partial charge in [-0.1, -0.05) is 12.8 Å². The summed E-state index contributed by atoms with van der Waals surface area (Å²) in [5, 5.41) is 6.50. The van der Waals surface area contributed by atoms with Gasteiger partial charge in [0.25, 0.3) is 14.2 Å². The molecule has 0 radical (unpaired) electrons. The second-order valence-corrected chi connectivity index (χ2v) is 7.34. The molecule has 10 heteroatoms. The van der Waals surface area contributed by atoms with Crippen LogP contribution in [-0.4, -0.2) is 29.4 Å². The van der Waals surface area contributed by atoms with Crippen molar-refractivity contribution in [1.82, 2.24) is 14.8 Å². The number of nitrogens with zero attached hydrogens (tertiary/aromatic N) is 3. The van der Waals surface area contributed by atoms with Crippen molar-refractivity contribution in [3.05, 3.63) is 5.82 Å². The molecule has 0 aromatic carbocycles. The molecule has 2 rings (SSSR count). The van der Waals surface area contributed by atoms with E-state index in [0.717, 1.165) is 4.57 Å². The summed E-state index contributed by atoms with van der Waals surface area (Å²) in [5.74, 6) is -2.38. The number of rotatable bonds is 2. The van der Waals surface area contributed by atoms with Crippen LogP contribution in [-0.2, 0) is 16.1 Å². The van der Waals surface area contributed by atoms with Gasteiger partial charge in [-0.15, -0.1) is 10.2 Å². The van der Waals surface area contributed by atoms with Crippen LogP contribution in [0.2, 0.25) is 0 Å². The SMILES string of the molecule is Cn1c(C2CCCCC2C(F)(F)F)nnc1S(=O)(=O)Cl. The van der Waals surface area contributed by atoms with Crippen LogP contribution in [0.5, 0.6) is 0 Å². The molecular weight excluding hydrogens is 319 g/mol. The lowest BCUT2D eigenvalue weighted by Gasteiger charge is -2.32. The molecule has 0 aliphatic heterocycles. The van der Waals surface area contributed by atoms with Gasteiger partial charge in [0.1, 0.15) is 5.82 Å². The zero-order valence-electron chi connectivity index (χ0n) is 10.6. The first-order valence-electron chi connectivity index (χ1n) is 6.03. The summed E-state index contributed by atoms with van der Waals surface area (Å²) in [6.07, 6.45) is -2.87. The zero-order valence-corrected chi connectivity index (χ0v) is 12.1. The highest BCUT2D eigenvalue weighted by atomic mass is 35.7. The van der Waals surface area contributed by atoms with Crippen LogP contribution >= 0.6 is 10.7 Å². The van der Waals surface area contributed by atoms with Gasteiger partial charge in [-0.2, -0.15) is 13.2 Å². The minimum atomic E-state index is -4.34. The minimum Gasteiger partial charge on any atom is -0.304 e. The maximum atomic E-state index is 13.0. The van der Waals surface area contributed by atoms with E-state index in [1.165, 1.54) is 7.05 Å². The second-order valence-electron chi connectivity index (χ2n) is 4.88. The molecule has 5 nitrogen and oxygen atoms in total. The van der Waals surface area contributed by atoms with Gasteiger partial charge < -0.3 is 4.57 Å². The van der Waals surface area contributed by atoms with Gasteiger partial charge in [0, 0.05) is 23.6 Å². The van der Waals surface area contributed by atoms with Gasteiger partial charge >= 0.3 is 6.18 Å². The van der Waals surface area contributed by atoms with Crippen LogP contribution in [0.1, 0.15) is 37.4 Å². The van der Waals surface area contributed by atoms with E-state index < -0.39 is 32.2 Å². The zero-order chi connectivity index (χ0) is 15.1. The van der Waals surface area contributed by atoms with Crippen molar-refractivity contribution in [2.45, 2.75) is 42.9 Å². The Kier molecular flexibility index (Phi) is 4.03. The van der Waals surface area contributed by atoms with Crippen molar-refractivity contribution in [1.29, 1.82) is 0 Å². The van der Waals surface area contributed by atoms with E-state index >= 15 is 0 Å². The smallest absolute Gasteiger partial charge is 0.304 e. The maximum Gasteiger partial charge on any atom is 0.392 e. The van der Waals surface area contributed by atoms with Gasteiger partial charge in [-0.25, -0.2) is 8.42 Å². The summed E-state index contributed by atoms with van der Waals surface area (Å²) in [7, 11) is 2.36. The molecule has 1 aliphatic rings. The molecule has 1 fully saturated rings. The first-order chi connectivity index (χ1) is 9.12. The third kappa shape index (κ3) is 2.93. The van der Waals surface area contributed by atoms with Crippen LogP contribution in [0.25, 0.3) is 0 Å². The lowest BCUT2D eigenvalue weighted by molar-refractivity contribution is -0.188. The molecule has 1 saturated carbocycles. The number of halogens is 4. The summed E-state index contributed by atoms with van der Waals surface area (Å²) < 4.78 is 62.7. The molecule has 1 aromatic heterocycles. The highest BCUT2D eigenvalue weighted by Crippen LogP contribution is 2.46. The van der Waals surface area contributed by atoms with E-state index in [2.05, 4.69) is 10.2 Å². The Morgan fingerprint density at radius 2 is 1.85 bits per heavy atom. The predicted octanol–water partition coefficient (Wildman–Crippen LogP) is 2.58. The minimum absolute atomic E-state index is 0.0178. The Morgan fingerprint density at radius 1 is 1.25 bits per heavy atom. The normalized spacial score (nSPS) is 24.9. The van der Waals surface area contributed by atoms with Crippen molar-refractivity contribution >= 4 is 19.7 Å². The third-order valence-corrected chi connectivity index (χ3v) is 4.81. The predicted molar refractivity (Wildman–Crippen MR) is 64.8 cm³/mol. The molecule has 0 spiro atoms. The fourth-order valence-corrected chi connectivity index (χ4v) is 3.66. The van der Waals surface area contributed by atoms with Crippen LogP contribution in [0, 0.1) is 5.92 Å². The van der Waals surface area contributed by atoms with Crippen molar-refractivity contribution in [2.75, 3.05) is 0 Å². The number of hydrogen-bond acceptors (Lipinski definition) is 4. The third-order valence-electron chi connectivity index (χ3n) is 3.60. The highest BCUT2D eigenvalue weighted by Gasteiger charge is 2.47. The molecule has 1 aliphatic carbocycles. The molecule has 1 heterocycles. The van der Waals surface area contributed by atoms with Crippen molar-refractivity contribution < 1.29 is 21.6 Å². The molecule has 0 N–H and O–H groups in total. The van der Waals surface area contributed by atoms with E-state index in [0.29, 0.717) is 19.3 Å². The molecule has 2 atom stereocenters. The Bertz CT molecular complexity index is 599. The van der Waals surface area contributed by atoms with Gasteiger partial charge in [0.2, 0.25) is 0 Å². The maximum absolute atomic E-state index is 13.0. The Labute approximate surface area is 118 Å². The molecule has 0 bridgehead atoms. The molecule has 0 saturated heterocycles. The quantitative estimate of drug-likeness (QED) is 0.781. The average Bonchev–Trinajstić information content (AvgIpc) is 2.69. The summed E-state index contributed by atoms with van der Waals surface area (Å²) in [5.41, 5.74) is 0. The standard InChI is InChI=1S/C10H13ClF3N3O2S/c1-17-8(15-16-9(17)20(11,18)19)6-4-2-3-5-7(6)10(12,13)14/h6-7H,2-5H2,1H3. The molecule has 2 unspecified atom stereocenters. The summed E-state index contributed by atoms with van der Waals surface area (Å²) in [6, 6.07) is 0. The van der Waals surface area contributed by atoms with Gasteiger partial charge in [0.15, 0.2) is 0 Å². The van der Waals surface area contributed by atoms with Gasteiger partial charge in [-0.3, -0.25) is 0 Å². The van der Waals surface area contributed by atoms with E-state index in [1.54, 1.807) is 0 Å². The van der Waals surface area contributed by atoms with E-state index in [1.807, 2.05) is 0 Å². The fraction of sp³-hybridized carbons (Fsp3) is 0.800. The number of hydrogen-bond donors (Lipinski definition) is 0. The van der Waals surface area contributed by atoms with Crippen LogP contribution in [0.3, 0.4) is 0 Å². The highest BCUT2D eigenvalue weighted by molar-refractivity contribution is 8.13. The monoisotopic (exact) mass is 331 g/mol. The van der Waals surface area contributed by atoms with Gasteiger partial charge in [-0.05, 0) is 12.8 Å². The van der Waals surface area contributed by atoms with Crippen molar-refractivity contribution in [3.8, 4) is 0 Å². The first-order valence-corrected chi connectivity index (χ1v) is 8.34. The summed E-state index contributed by atoms with van der Waals surface area (Å²) in [4.78, 5) is 0. The number of alkyl halides is 3. The Hall–Kier alpha value is -0.830. The molecule has 1 aromatic rings. The second kappa shape index (κ2) is 5.18. The Balaban J connectivity index is 2.42. The van der Waals surface area contributed by atoms with Crippen LogP contribution < -0.4 is 0 Å². The van der Waals surface area contributed by atoms with E-state index in [4.69, 9.17) is 10.7 Å². The lowest BCUT2D eigenvalue weighted by Crippen LogP contribution is -2.33. The molecule has 114 valence electrons. The Morgan fingerprint density at radius 3 is 2.35 bits per heavy atom. The largest absolute Gasteiger partial charge is 0.392 e. The van der Waals surface area contributed by atoms with E-state index in [-0.39, 0.29) is 12.2 Å². The van der Waals surface area contributed by atoms with Crippen LogP contribution in [0.4, 0.5) is 13.2 Å². The number of aromatic nitrogens is 3. The molecule has 20 heavy (non-hydrogen) atoms.